The number of rotatable bonds is 4. The number of piperidine rings is 1. The first-order valence-corrected chi connectivity index (χ1v) is 13.0. The van der Waals surface area contributed by atoms with Crippen LogP contribution in [0.2, 0.25) is 0 Å². The number of benzene rings is 1. The molecule has 4 aliphatic rings. The Morgan fingerprint density at radius 1 is 0.941 bits per heavy atom. The average molecular weight is 467 g/mol. The highest BCUT2D eigenvalue weighted by molar-refractivity contribution is 5.95. The van der Waals surface area contributed by atoms with Crippen molar-refractivity contribution in [3.05, 3.63) is 29.8 Å². The minimum atomic E-state index is -0.151. The summed E-state index contributed by atoms with van der Waals surface area (Å²) in [6.07, 6.45) is 8.22. The number of carbonyl (C=O) groups is 3. The van der Waals surface area contributed by atoms with Crippen LogP contribution >= 0.6 is 0 Å². The Morgan fingerprint density at radius 2 is 1.65 bits per heavy atom. The molecule has 0 aromatic heterocycles. The molecular formula is C28H38N2O4. The van der Waals surface area contributed by atoms with Gasteiger partial charge in [-0.15, -0.1) is 0 Å². The van der Waals surface area contributed by atoms with Crippen LogP contribution in [0.3, 0.4) is 0 Å². The molecule has 6 heteroatoms. The normalized spacial score (nSPS) is 38.8. The predicted molar refractivity (Wildman–Crippen MR) is 130 cm³/mol. The van der Waals surface area contributed by atoms with Gasteiger partial charge in [0.2, 0.25) is 11.8 Å². The summed E-state index contributed by atoms with van der Waals surface area (Å²) >= 11 is 0. The van der Waals surface area contributed by atoms with Gasteiger partial charge in [0.05, 0.1) is 11.8 Å². The Bertz CT molecular complexity index is 991. The first kappa shape index (κ1) is 23.5. The number of anilines is 1. The Labute approximate surface area is 202 Å². The van der Waals surface area contributed by atoms with Crippen molar-refractivity contribution in [1.29, 1.82) is 0 Å². The second kappa shape index (κ2) is 8.47. The Balaban J connectivity index is 1.35. The van der Waals surface area contributed by atoms with Gasteiger partial charge < -0.3 is 5.32 Å². The zero-order valence-corrected chi connectivity index (χ0v) is 20.9. The van der Waals surface area contributed by atoms with Crippen LogP contribution in [0.4, 0.5) is 5.69 Å². The van der Waals surface area contributed by atoms with Crippen LogP contribution in [0.15, 0.2) is 24.3 Å². The van der Waals surface area contributed by atoms with E-state index in [2.05, 4.69) is 19.2 Å². The average Bonchev–Trinajstić information content (AvgIpc) is 3.14. The van der Waals surface area contributed by atoms with Crippen molar-refractivity contribution in [2.24, 2.45) is 28.6 Å². The third-order valence-electron chi connectivity index (χ3n) is 10.0. The van der Waals surface area contributed by atoms with Crippen LogP contribution in [0.25, 0.3) is 0 Å². The van der Waals surface area contributed by atoms with E-state index in [1.165, 1.54) is 18.4 Å². The van der Waals surface area contributed by atoms with Gasteiger partial charge in [0.15, 0.2) is 5.78 Å². The fourth-order valence-electron chi connectivity index (χ4n) is 8.10. The summed E-state index contributed by atoms with van der Waals surface area (Å²) in [6.45, 7) is 7.87. The van der Waals surface area contributed by atoms with Crippen molar-refractivity contribution in [2.75, 3.05) is 5.06 Å². The lowest BCUT2D eigenvalue weighted by Crippen LogP contribution is -2.61. The number of carbonyl (C=O) groups excluding carboxylic acids is 3. The highest BCUT2D eigenvalue weighted by atomic mass is 16.7. The zero-order chi connectivity index (χ0) is 24.3. The third-order valence-corrected chi connectivity index (χ3v) is 10.0. The van der Waals surface area contributed by atoms with E-state index in [1.54, 1.807) is 31.2 Å². The summed E-state index contributed by atoms with van der Waals surface area (Å²) in [5.74, 6) is 1.96. The largest absolute Gasteiger partial charge is 0.353 e. The summed E-state index contributed by atoms with van der Waals surface area (Å²) < 4.78 is 0. The van der Waals surface area contributed by atoms with E-state index < -0.39 is 0 Å². The number of nitrogens with zero attached hydrogens (tertiary/aromatic N) is 1. The molecule has 2 amide bonds. The Morgan fingerprint density at radius 3 is 2.32 bits per heavy atom. The maximum atomic E-state index is 12.6. The summed E-state index contributed by atoms with van der Waals surface area (Å²) in [5, 5.41) is 4.74. The molecule has 1 saturated heterocycles. The molecule has 7 atom stereocenters. The highest BCUT2D eigenvalue weighted by Crippen LogP contribution is 2.64. The summed E-state index contributed by atoms with van der Waals surface area (Å²) in [6, 6.07) is 7.42. The van der Waals surface area contributed by atoms with Crippen molar-refractivity contribution in [1.82, 2.24) is 5.32 Å². The lowest BCUT2D eigenvalue weighted by atomic mass is 9.47. The smallest absolute Gasteiger partial charge is 0.247 e. The first-order chi connectivity index (χ1) is 16.1. The minimum Gasteiger partial charge on any atom is -0.353 e. The van der Waals surface area contributed by atoms with Gasteiger partial charge in [-0.2, -0.15) is 5.06 Å². The number of fused-ring (bicyclic) bond motifs is 5. The van der Waals surface area contributed by atoms with E-state index in [-0.39, 0.29) is 34.5 Å². The van der Waals surface area contributed by atoms with Gasteiger partial charge in [-0.1, -0.05) is 13.8 Å². The molecule has 1 N–H and O–H groups in total. The van der Waals surface area contributed by atoms with Gasteiger partial charge in [0, 0.05) is 24.9 Å². The molecule has 0 bridgehead atoms. The van der Waals surface area contributed by atoms with Crippen molar-refractivity contribution in [3.8, 4) is 0 Å². The van der Waals surface area contributed by atoms with Gasteiger partial charge in [0.1, 0.15) is 0 Å². The monoisotopic (exact) mass is 466 g/mol. The lowest BCUT2D eigenvalue weighted by Gasteiger charge is -2.60. The number of amides is 2. The first-order valence-electron chi connectivity index (χ1n) is 13.0. The number of hydrogen-bond donors (Lipinski definition) is 1. The molecule has 5 rings (SSSR count). The molecule has 1 aromatic carbocycles. The van der Waals surface area contributed by atoms with Crippen LogP contribution in [0.5, 0.6) is 0 Å². The van der Waals surface area contributed by atoms with E-state index in [9.17, 15) is 14.4 Å². The van der Waals surface area contributed by atoms with Gasteiger partial charge in [0.25, 0.3) is 0 Å². The van der Waals surface area contributed by atoms with Crippen molar-refractivity contribution < 1.29 is 19.2 Å². The van der Waals surface area contributed by atoms with Crippen LogP contribution in [-0.2, 0) is 14.4 Å². The standard InChI is InChI=1S/C28H38N2O4/c1-17(31)19-5-7-20(8-6-19)30(18(2)32)34-25-12-10-22-21-9-11-24-27(3,16-14-26(33)29-24)23(21)13-15-28(22,25)4/h5-8,21-25H,9-16H2,1-4H3,(H,29,33)/t21?,22?,23?,24-,25+,27-,28+/m1/s1. The van der Waals surface area contributed by atoms with Crippen molar-refractivity contribution >= 4 is 23.3 Å². The molecule has 1 aromatic rings. The second-order valence-corrected chi connectivity index (χ2v) is 11.7. The Hall–Kier alpha value is -2.21. The third kappa shape index (κ3) is 3.69. The number of ketones is 1. The highest BCUT2D eigenvalue weighted by Gasteiger charge is 2.61. The zero-order valence-electron chi connectivity index (χ0n) is 20.9. The van der Waals surface area contributed by atoms with Crippen molar-refractivity contribution in [2.45, 2.75) is 91.2 Å². The summed E-state index contributed by atoms with van der Waals surface area (Å²) in [7, 11) is 0. The van der Waals surface area contributed by atoms with E-state index in [1.807, 2.05) is 0 Å². The molecule has 3 saturated carbocycles. The number of Topliss-reactive ketones (excluding diaryl/α,β-unsaturated/α-hetero) is 1. The van der Waals surface area contributed by atoms with E-state index in [4.69, 9.17) is 4.84 Å². The van der Waals surface area contributed by atoms with Crippen LogP contribution in [0, 0.1) is 28.6 Å². The summed E-state index contributed by atoms with van der Waals surface area (Å²) in [4.78, 5) is 42.8. The fraction of sp³-hybridized carbons (Fsp3) is 0.679. The second-order valence-electron chi connectivity index (χ2n) is 11.7. The van der Waals surface area contributed by atoms with Gasteiger partial charge in [-0.25, -0.2) is 0 Å². The molecule has 1 heterocycles. The topological polar surface area (TPSA) is 75.7 Å². The maximum Gasteiger partial charge on any atom is 0.247 e. The molecule has 4 fully saturated rings. The number of hydrogen-bond acceptors (Lipinski definition) is 4. The minimum absolute atomic E-state index is 0.00528. The molecular weight excluding hydrogens is 428 g/mol. The van der Waals surface area contributed by atoms with Crippen LogP contribution < -0.4 is 10.4 Å². The molecule has 0 radical (unpaired) electrons. The predicted octanol–water partition coefficient (Wildman–Crippen LogP) is 5.06. The lowest BCUT2D eigenvalue weighted by molar-refractivity contribution is -0.146. The van der Waals surface area contributed by atoms with Gasteiger partial charge in [-0.3, -0.25) is 19.2 Å². The van der Waals surface area contributed by atoms with Crippen molar-refractivity contribution in [3.63, 3.8) is 0 Å². The van der Waals surface area contributed by atoms with Gasteiger partial charge in [-0.05, 0) is 105 Å². The Kier molecular flexibility index (Phi) is 5.86. The van der Waals surface area contributed by atoms with Crippen LogP contribution in [0.1, 0.15) is 89.4 Å². The number of hydroxylamine groups is 1. The van der Waals surface area contributed by atoms with Crippen LogP contribution in [-0.4, -0.2) is 29.7 Å². The fourth-order valence-corrected chi connectivity index (χ4v) is 8.10. The number of nitrogens with one attached hydrogen (secondary N) is 1. The molecule has 34 heavy (non-hydrogen) atoms. The van der Waals surface area contributed by atoms with E-state index >= 15 is 0 Å². The quantitative estimate of drug-likeness (QED) is 0.497. The van der Waals surface area contributed by atoms with E-state index in [0.717, 1.165) is 38.5 Å². The van der Waals surface area contributed by atoms with Gasteiger partial charge >= 0.3 is 0 Å². The molecule has 0 spiro atoms. The van der Waals surface area contributed by atoms with E-state index in [0.29, 0.717) is 41.5 Å². The molecule has 3 unspecified atom stereocenters. The molecule has 3 aliphatic carbocycles. The maximum absolute atomic E-state index is 12.6. The summed E-state index contributed by atoms with van der Waals surface area (Å²) in [5.41, 5.74) is 1.53. The molecule has 1 aliphatic heterocycles. The molecule has 6 nitrogen and oxygen atoms in total. The SMILES string of the molecule is CC(=O)c1ccc(N(O[C@H]2CCC3C4CC[C@H]5NC(=O)CC[C@]5(C)C4CC[C@@]32C)C(C)=O)cc1. The molecule has 184 valence electrons.